The van der Waals surface area contributed by atoms with Gasteiger partial charge in [-0.05, 0) is 48.3 Å². The van der Waals surface area contributed by atoms with Crippen molar-refractivity contribution in [1.29, 1.82) is 0 Å². The Morgan fingerprint density at radius 1 is 1.30 bits per heavy atom. The second-order valence-electron chi connectivity index (χ2n) is 6.88. The monoisotopic (exact) mass is 382 g/mol. The van der Waals surface area contributed by atoms with Gasteiger partial charge in [0, 0.05) is 31.7 Å². The molecule has 2 aliphatic rings. The quantitative estimate of drug-likeness (QED) is 0.870. The van der Waals surface area contributed by atoms with Crippen LogP contribution in [0.2, 0.25) is 0 Å². The van der Waals surface area contributed by atoms with Gasteiger partial charge in [-0.1, -0.05) is 6.92 Å². The van der Waals surface area contributed by atoms with Crippen molar-refractivity contribution in [1.82, 2.24) is 9.88 Å². The lowest BCUT2D eigenvalue weighted by molar-refractivity contribution is 0.122. The molecule has 0 unspecified atom stereocenters. The lowest BCUT2D eigenvalue weighted by Gasteiger charge is -2.40. The lowest BCUT2D eigenvalue weighted by Crippen LogP contribution is -2.48. The first-order chi connectivity index (χ1) is 11.0. The van der Waals surface area contributed by atoms with Gasteiger partial charge < -0.3 is 19.9 Å². The number of piperidine rings is 1. The van der Waals surface area contributed by atoms with E-state index in [1.807, 2.05) is 6.20 Å². The van der Waals surface area contributed by atoms with Crippen LogP contribution in [-0.2, 0) is 4.74 Å². The zero-order chi connectivity index (χ0) is 16.4. The third kappa shape index (κ3) is 3.98. The van der Waals surface area contributed by atoms with Gasteiger partial charge in [0.05, 0.1) is 29.6 Å². The van der Waals surface area contributed by atoms with Crippen molar-refractivity contribution in [3.8, 4) is 0 Å². The zero-order valence-electron chi connectivity index (χ0n) is 14.3. The van der Waals surface area contributed by atoms with Crippen LogP contribution in [0.3, 0.4) is 0 Å². The van der Waals surface area contributed by atoms with E-state index in [9.17, 15) is 0 Å². The zero-order valence-corrected chi connectivity index (χ0v) is 15.8. The molecule has 2 aliphatic heterocycles. The van der Waals surface area contributed by atoms with Crippen molar-refractivity contribution < 1.29 is 4.74 Å². The molecular formula is C17H27BrN4O. The summed E-state index contributed by atoms with van der Waals surface area (Å²) in [7, 11) is 2.21. The molecule has 2 fully saturated rings. The molecule has 0 amide bonds. The van der Waals surface area contributed by atoms with Crippen LogP contribution in [0.25, 0.3) is 0 Å². The van der Waals surface area contributed by atoms with Crippen LogP contribution in [0.15, 0.2) is 16.7 Å². The number of rotatable bonds is 3. The molecule has 3 atom stereocenters. The number of morpholine rings is 1. The Labute approximate surface area is 147 Å². The number of likely N-dealkylation sites (tertiary alicyclic amines) is 1. The van der Waals surface area contributed by atoms with Crippen LogP contribution < -0.4 is 10.2 Å². The number of aromatic nitrogens is 1. The van der Waals surface area contributed by atoms with E-state index < -0.39 is 0 Å². The summed E-state index contributed by atoms with van der Waals surface area (Å²) in [5.41, 5.74) is 1.10. The standard InChI is InChI=1S/C17H27BrN4O/c1-12-11-21(3)13(2)8-16(12)20-14-9-15(18)17(19-10-14)22-4-6-23-7-5-22/h9-10,12-13,16,20H,4-8,11H2,1-3H3/t12-,13+,16-/m1/s1. The van der Waals surface area contributed by atoms with Crippen molar-refractivity contribution in [2.24, 2.45) is 5.92 Å². The Kier molecular flexibility index (Phi) is 5.44. The highest BCUT2D eigenvalue weighted by atomic mass is 79.9. The topological polar surface area (TPSA) is 40.6 Å². The summed E-state index contributed by atoms with van der Waals surface area (Å²) in [6, 6.07) is 3.28. The number of nitrogens with zero attached hydrogens (tertiary/aromatic N) is 3. The van der Waals surface area contributed by atoms with Crippen molar-refractivity contribution in [2.75, 3.05) is 50.1 Å². The molecule has 0 bridgehead atoms. The minimum atomic E-state index is 0.504. The minimum Gasteiger partial charge on any atom is -0.381 e. The summed E-state index contributed by atoms with van der Waals surface area (Å²) in [5, 5.41) is 3.69. The van der Waals surface area contributed by atoms with E-state index >= 15 is 0 Å². The largest absolute Gasteiger partial charge is 0.381 e. The van der Waals surface area contributed by atoms with E-state index in [4.69, 9.17) is 4.74 Å². The molecule has 128 valence electrons. The predicted molar refractivity (Wildman–Crippen MR) is 98.3 cm³/mol. The van der Waals surface area contributed by atoms with E-state index in [-0.39, 0.29) is 0 Å². The fourth-order valence-electron chi connectivity index (χ4n) is 3.47. The van der Waals surface area contributed by atoms with Crippen LogP contribution >= 0.6 is 15.9 Å². The molecule has 3 rings (SSSR count). The minimum absolute atomic E-state index is 0.504. The average molecular weight is 383 g/mol. The number of nitrogens with one attached hydrogen (secondary N) is 1. The van der Waals surface area contributed by atoms with Gasteiger partial charge in [0.2, 0.25) is 0 Å². The molecule has 0 aromatic carbocycles. The Bertz CT molecular complexity index is 535. The van der Waals surface area contributed by atoms with Crippen LogP contribution in [0.5, 0.6) is 0 Å². The highest BCUT2D eigenvalue weighted by molar-refractivity contribution is 9.10. The highest BCUT2D eigenvalue weighted by Crippen LogP contribution is 2.29. The maximum atomic E-state index is 5.41. The van der Waals surface area contributed by atoms with E-state index in [0.29, 0.717) is 18.0 Å². The fraction of sp³-hybridized carbons (Fsp3) is 0.706. The molecule has 3 heterocycles. The predicted octanol–water partition coefficient (Wildman–Crippen LogP) is 2.82. The number of ether oxygens (including phenoxy) is 1. The highest BCUT2D eigenvalue weighted by Gasteiger charge is 2.29. The van der Waals surface area contributed by atoms with Crippen LogP contribution in [0.1, 0.15) is 20.3 Å². The summed E-state index contributed by atoms with van der Waals surface area (Å²) < 4.78 is 6.47. The molecule has 6 heteroatoms. The van der Waals surface area contributed by atoms with Crippen molar-refractivity contribution in [2.45, 2.75) is 32.4 Å². The maximum Gasteiger partial charge on any atom is 0.143 e. The van der Waals surface area contributed by atoms with Crippen molar-refractivity contribution in [3.63, 3.8) is 0 Å². The van der Waals surface area contributed by atoms with Gasteiger partial charge in [-0.15, -0.1) is 0 Å². The Hall–Kier alpha value is -0.850. The molecule has 0 aliphatic carbocycles. The summed E-state index contributed by atoms with van der Waals surface area (Å²) in [4.78, 5) is 9.40. The average Bonchev–Trinajstić information content (AvgIpc) is 2.53. The van der Waals surface area contributed by atoms with E-state index in [2.05, 4.69) is 63.0 Å². The lowest BCUT2D eigenvalue weighted by atomic mass is 9.90. The SMILES string of the molecule is C[C@@H]1CN(C)[C@@H](C)C[C@H]1Nc1cnc(N2CCOCC2)c(Br)c1. The third-order valence-corrected chi connectivity index (χ3v) is 5.68. The molecule has 1 aromatic heterocycles. The second kappa shape index (κ2) is 7.36. The Morgan fingerprint density at radius 3 is 2.74 bits per heavy atom. The summed E-state index contributed by atoms with van der Waals surface area (Å²) in [6.45, 7) is 9.13. The van der Waals surface area contributed by atoms with Crippen LogP contribution in [0.4, 0.5) is 11.5 Å². The first kappa shape index (κ1) is 17.0. The summed E-state index contributed by atoms with van der Waals surface area (Å²) in [6.07, 6.45) is 3.13. The number of hydrogen-bond acceptors (Lipinski definition) is 5. The molecule has 23 heavy (non-hydrogen) atoms. The van der Waals surface area contributed by atoms with Crippen LogP contribution in [-0.4, -0.2) is 61.9 Å². The van der Waals surface area contributed by atoms with Gasteiger partial charge in [0.15, 0.2) is 0 Å². The molecule has 1 aromatic rings. The molecular weight excluding hydrogens is 356 g/mol. The molecule has 0 spiro atoms. The Balaban J connectivity index is 1.68. The normalized spacial score (nSPS) is 29.6. The molecule has 1 N–H and O–H groups in total. The number of pyridine rings is 1. The molecule has 0 radical (unpaired) electrons. The number of hydrogen-bond donors (Lipinski definition) is 1. The molecule has 0 saturated carbocycles. The van der Waals surface area contributed by atoms with Gasteiger partial charge >= 0.3 is 0 Å². The van der Waals surface area contributed by atoms with Crippen LogP contribution in [0, 0.1) is 5.92 Å². The van der Waals surface area contributed by atoms with E-state index in [1.165, 1.54) is 6.42 Å². The molecule has 2 saturated heterocycles. The molecule has 5 nitrogen and oxygen atoms in total. The fourth-order valence-corrected chi connectivity index (χ4v) is 4.07. The Morgan fingerprint density at radius 2 is 2.04 bits per heavy atom. The van der Waals surface area contributed by atoms with E-state index in [1.54, 1.807) is 0 Å². The van der Waals surface area contributed by atoms with Crippen molar-refractivity contribution >= 4 is 27.4 Å². The van der Waals surface area contributed by atoms with Gasteiger partial charge in [0.25, 0.3) is 0 Å². The van der Waals surface area contributed by atoms with E-state index in [0.717, 1.165) is 48.8 Å². The maximum absolute atomic E-state index is 5.41. The number of anilines is 2. The third-order valence-electron chi connectivity index (χ3n) is 5.09. The summed E-state index contributed by atoms with van der Waals surface area (Å²) in [5.74, 6) is 1.65. The van der Waals surface area contributed by atoms with Gasteiger partial charge in [-0.3, -0.25) is 0 Å². The smallest absolute Gasteiger partial charge is 0.143 e. The van der Waals surface area contributed by atoms with Gasteiger partial charge in [0.1, 0.15) is 5.82 Å². The second-order valence-corrected chi connectivity index (χ2v) is 7.74. The number of halogens is 1. The first-order valence-electron chi connectivity index (χ1n) is 8.49. The van der Waals surface area contributed by atoms with Crippen molar-refractivity contribution in [3.05, 3.63) is 16.7 Å². The van der Waals surface area contributed by atoms with Gasteiger partial charge in [-0.2, -0.15) is 0 Å². The summed E-state index contributed by atoms with van der Waals surface area (Å²) >= 11 is 3.69. The van der Waals surface area contributed by atoms with Gasteiger partial charge in [-0.25, -0.2) is 4.98 Å². The first-order valence-corrected chi connectivity index (χ1v) is 9.29.